The highest BCUT2D eigenvalue weighted by Crippen LogP contribution is 2.22. The zero-order chi connectivity index (χ0) is 16.8. The minimum Gasteiger partial charge on any atom is -0.497 e. The number of amides is 1. The summed E-state index contributed by atoms with van der Waals surface area (Å²) in [7, 11) is 1.64. The van der Waals surface area contributed by atoms with Gasteiger partial charge in [-0.1, -0.05) is 12.2 Å². The minimum absolute atomic E-state index is 0.113. The van der Waals surface area contributed by atoms with E-state index in [-0.39, 0.29) is 11.8 Å². The molecule has 1 aromatic carbocycles. The van der Waals surface area contributed by atoms with Crippen LogP contribution in [0.15, 0.2) is 47.1 Å². The van der Waals surface area contributed by atoms with Crippen molar-refractivity contribution in [3.63, 3.8) is 0 Å². The Balaban J connectivity index is 1.50. The van der Waals surface area contributed by atoms with Gasteiger partial charge in [0.1, 0.15) is 12.0 Å². The summed E-state index contributed by atoms with van der Waals surface area (Å²) >= 11 is 0. The first kappa shape index (κ1) is 16.3. The normalized spacial score (nSPS) is 16.8. The highest BCUT2D eigenvalue weighted by molar-refractivity contribution is 5.78. The number of aromatic nitrogens is 1. The van der Waals surface area contributed by atoms with Gasteiger partial charge >= 0.3 is 0 Å². The first-order chi connectivity index (χ1) is 11.8. The molecule has 1 aliphatic carbocycles. The number of methoxy groups -OCH3 is 1. The molecule has 1 atom stereocenters. The van der Waals surface area contributed by atoms with Crippen LogP contribution in [0.25, 0.3) is 11.5 Å². The first-order valence-electron chi connectivity index (χ1n) is 8.28. The molecule has 0 radical (unpaired) electrons. The molecule has 1 aromatic heterocycles. The summed E-state index contributed by atoms with van der Waals surface area (Å²) in [5.74, 6) is 1.63. The van der Waals surface area contributed by atoms with Crippen molar-refractivity contribution in [1.82, 2.24) is 10.3 Å². The lowest BCUT2D eigenvalue weighted by Crippen LogP contribution is -2.32. The number of benzene rings is 1. The van der Waals surface area contributed by atoms with E-state index in [9.17, 15) is 4.79 Å². The van der Waals surface area contributed by atoms with Crippen LogP contribution in [0.5, 0.6) is 5.75 Å². The molecule has 2 aromatic rings. The van der Waals surface area contributed by atoms with Gasteiger partial charge in [-0.05, 0) is 43.5 Å². The van der Waals surface area contributed by atoms with Crippen molar-refractivity contribution < 1.29 is 13.9 Å². The molecule has 5 nitrogen and oxygen atoms in total. The molecule has 0 saturated heterocycles. The summed E-state index contributed by atoms with van der Waals surface area (Å²) in [5, 5.41) is 2.99. The standard InChI is InChI=1S/C19H22N2O3/c1-23-17-9-7-15(8-10-17)19-21-16(13-24-19)11-12-20-18(22)14-5-3-2-4-6-14/h2-3,7-10,13-14H,4-6,11-12H2,1H3,(H,20,22). The predicted octanol–water partition coefficient (Wildman–Crippen LogP) is 3.37. The lowest BCUT2D eigenvalue weighted by atomic mass is 9.94. The maximum absolute atomic E-state index is 12.1. The van der Waals surface area contributed by atoms with Crippen LogP contribution >= 0.6 is 0 Å². The molecule has 126 valence electrons. The minimum atomic E-state index is 0.113. The summed E-state index contributed by atoms with van der Waals surface area (Å²) in [4.78, 5) is 16.6. The van der Waals surface area contributed by atoms with Crippen molar-refractivity contribution in [3.05, 3.63) is 48.4 Å². The molecule has 1 aliphatic rings. The zero-order valence-corrected chi connectivity index (χ0v) is 13.8. The Labute approximate surface area is 141 Å². The largest absolute Gasteiger partial charge is 0.497 e. The molecule has 1 N–H and O–H groups in total. The van der Waals surface area contributed by atoms with Gasteiger partial charge < -0.3 is 14.5 Å². The fraction of sp³-hybridized carbons (Fsp3) is 0.368. The van der Waals surface area contributed by atoms with Crippen LogP contribution in [0.3, 0.4) is 0 Å². The molecule has 0 fully saturated rings. The smallest absolute Gasteiger partial charge is 0.226 e. The zero-order valence-electron chi connectivity index (χ0n) is 13.8. The van der Waals surface area contributed by atoms with Crippen molar-refractivity contribution in [2.75, 3.05) is 13.7 Å². The quantitative estimate of drug-likeness (QED) is 0.827. The lowest BCUT2D eigenvalue weighted by molar-refractivity contribution is -0.125. The summed E-state index contributed by atoms with van der Waals surface area (Å²) in [6, 6.07) is 7.57. The van der Waals surface area contributed by atoms with Crippen molar-refractivity contribution in [2.45, 2.75) is 25.7 Å². The van der Waals surface area contributed by atoms with Crippen LogP contribution in [0.4, 0.5) is 0 Å². The van der Waals surface area contributed by atoms with E-state index >= 15 is 0 Å². The molecular weight excluding hydrogens is 304 g/mol. The second kappa shape index (κ2) is 7.81. The van der Waals surface area contributed by atoms with Gasteiger partial charge in [-0.25, -0.2) is 4.98 Å². The van der Waals surface area contributed by atoms with Crippen molar-refractivity contribution >= 4 is 5.91 Å². The Morgan fingerprint density at radius 1 is 1.33 bits per heavy atom. The Kier molecular flexibility index (Phi) is 5.31. The van der Waals surface area contributed by atoms with E-state index < -0.39 is 0 Å². The third-order valence-corrected chi connectivity index (χ3v) is 4.21. The Morgan fingerprint density at radius 3 is 2.88 bits per heavy atom. The third-order valence-electron chi connectivity index (χ3n) is 4.21. The number of oxazole rings is 1. The average molecular weight is 326 g/mol. The van der Waals surface area contributed by atoms with Crippen LogP contribution in [0.1, 0.15) is 25.0 Å². The molecule has 0 saturated carbocycles. The number of ether oxygens (including phenoxy) is 1. The van der Waals surface area contributed by atoms with Crippen LogP contribution in [0, 0.1) is 5.92 Å². The number of rotatable bonds is 6. The average Bonchev–Trinajstić information content (AvgIpc) is 3.11. The predicted molar refractivity (Wildman–Crippen MR) is 91.7 cm³/mol. The first-order valence-corrected chi connectivity index (χ1v) is 8.28. The summed E-state index contributed by atoms with van der Waals surface area (Å²) in [6.45, 7) is 0.577. The fourth-order valence-corrected chi connectivity index (χ4v) is 2.78. The Bertz CT molecular complexity index is 704. The summed E-state index contributed by atoms with van der Waals surface area (Å²) in [5.41, 5.74) is 1.74. The summed E-state index contributed by atoms with van der Waals surface area (Å²) < 4.78 is 10.7. The van der Waals surface area contributed by atoms with Gasteiger partial charge in [0.15, 0.2) is 0 Å². The molecular formula is C19H22N2O3. The molecule has 5 heteroatoms. The van der Waals surface area contributed by atoms with Crippen LogP contribution in [-0.4, -0.2) is 24.5 Å². The maximum atomic E-state index is 12.1. The number of allylic oxidation sites excluding steroid dienone is 2. The Morgan fingerprint density at radius 2 is 2.17 bits per heavy atom. The van der Waals surface area contributed by atoms with Gasteiger partial charge in [0.05, 0.1) is 12.8 Å². The second-order valence-corrected chi connectivity index (χ2v) is 5.89. The van der Waals surface area contributed by atoms with E-state index in [2.05, 4.69) is 22.5 Å². The lowest BCUT2D eigenvalue weighted by Gasteiger charge is -2.16. The van der Waals surface area contributed by atoms with Gasteiger partial charge in [0, 0.05) is 24.4 Å². The van der Waals surface area contributed by atoms with Crippen LogP contribution in [-0.2, 0) is 11.2 Å². The number of carbonyl (C=O) groups excluding carboxylic acids is 1. The molecule has 0 aliphatic heterocycles. The topological polar surface area (TPSA) is 64.4 Å². The number of hydrogen-bond donors (Lipinski definition) is 1. The van der Waals surface area contributed by atoms with E-state index in [1.807, 2.05) is 24.3 Å². The van der Waals surface area contributed by atoms with Crippen molar-refractivity contribution in [1.29, 1.82) is 0 Å². The molecule has 3 rings (SSSR count). The van der Waals surface area contributed by atoms with Crippen LogP contribution in [0.2, 0.25) is 0 Å². The second-order valence-electron chi connectivity index (χ2n) is 5.89. The van der Waals surface area contributed by atoms with Gasteiger partial charge in [-0.2, -0.15) is 0 Å². The van der Waals surface area contributed by atoms with Gasteiger partial charge in [-0.3, -0.25) is 4.79 Å². The highest BCUT2D eigenvalue weighted by atomic mass is 16.5. The van der Waals surface area contributed by atoms with E-state index in [1.54, 1.807) is 13.4 Å². The Hall–Kier alpha value is -2.56. The van der Waals surface area contributed by atoms with Gasteiger partial charge in [0.2, 0.25) is 11.8 Å². The SMILES string of the molecule is COc1ccc(-c2nc(CCNC(=O)C3CC=CCC3)co2)cc1. The van der Waals surface area contributed by atoms with E-state index in [4.69, 9.17) is 9.15 Å². The highest BCUT2D eigenvalue weighted by Gasteiger charge is 2.18. The maximum Gasteiger partial charge on any atom is 0.226 e. The monoisotopic (exact) mass is 326 g/mol. The van der Waals surface area contributed by atoms with Crippen molar-refractivity contribution in [2.24, 2.45) is 5.92 Å². The molecule has 1 unspecified atom stereocenters. The third kappa shape index (κ3) is 4.04. The number of nitrogens with zero attached hydrogens (tertiary/aromatic N) is 1. The molecule has 0 spiro atoms. The van der Waals surface area contributed by atoms with E-state index in [1.165, 1.54) is 0 Å². The van der Waals surface area contributed by atoms with Gasteiger partial charge in [0.25, 0.3) is 0 Å². The summed E-state index contributed by atoms with van der Waals surface area (Å²) in [6.07, 6.45) is 9.31. The van der Waals surface area contributed by atoms with Crippen molar-refractivity contribution in [3.8, 4) is 17.2 Å². The fourth-order valence-electron chi connectivity index (χ4n) is 2.78. The number of nitrogens with one attached hydrogen (secondary N) is 1. The molecule has 1 amide bonds. The van der Waals surface area contributed by atoms with E-state index in [0.29, 0.717) is 18.9 Å². The van der Waals surface area contributed by atoms with Gasteiger partial charge in [-0.15, -0.1) is 0 Å². The number of carbonyl (C=O) groups is 1. The molecule has 0 bridgehead atoms. The van der Waals surface area contributed by atoms with Crippen LogP contribution < -0.4 is 10.1 Å². The molecule has 24 heavy (non-hydrogen) atoms. The van der Waals surface area contributed by atoms with E-state index in [0.717, 1.165) is 36.3 Å². The number of hydrogen-bond acceptors (Lipinski definition) is 4. The molecule has 1 heterocycles.